The number of benzene rings is 2. The van der Waals surface area contributed by atoms with Gasteiger partial charge in [0.15, 0.2) is 5.82 Å². The largest absolute Gasteiger partial charge is 0.396 e. The van der Waals surface area contributed by atoms with E-state index < -0.39 is 6.10 Å². The van der Waals surface area contributed by atoms with Crippen molar-refractivity contribution in [2.24, 2.45) is 5.92 Å². The molecule has 2 heterocycles. The fraction of sp³-hybridized carbons (Fsp3) is 0.300. The number of rotatable bonds is 3. The van der Waals surface area contributed by atoms with Crippen molar-refractivity contribution >= 4 is 16.7 Å². The van der Waals surface area contributed by atoms with Gasteiger partial charge in [-0.25, -0.2) is 9.97 Å². The Bertz CT molecular complexity index is 869. The summed E-state index contributed by atoms with van der Waals surface area (Å²) in [5.41, 5.74) is 1.88. The van der Waals surface area contributed by atoms with Crippen molar-refractivity contribution in [3.63, 3.8) is 0 Å². The van der Waals surface area contributed by atoms with E-state index in [-0.39, 0.29) is 12.5 Å². The highest BCUT2D eigenvalue weighted by atomic mass is 16.3. The van der Waals surface area contributed by atoms with Crippen molar-refractivity contribution in [2.75, 3.05) is 24.6 Å². The normalized spacial score (nSPS) is 20.8. The number of fused-ring (bicyclic) bond motifs is 1. The van der Waals surface area contributed by atoms with E-state index in [1.165, 1.54) is 0 Å². The van der Waals surface area contributed by atoms with Crippen molar-refractivity contribution in [3.05, 3.63) is 54.6 Å². The Kier molecular flexibility index (Phi) is 4.34. The number of aliphatic hydroxyl groups excluding tert-OH is 2. The fourth-order valence-electron chi connectivity index (χ4n) is 3.41. The Hall–Kier alpha value is -2.50. The second-order valence-electron chi connectivity index (χ2n) is 6.50. The topological polar surface area (TPSA) is 69.5 Å². The standard InChI is InChI=1S/C20H21N3O2/c24-13-15-12-23(11-10-18(15)25)20-16-8-4-5-9-17(16)21-19(22-20)14-6-2-1-3-7-14/h1-9,15,18,24-25H,10-13H2/t15-,18-/m0/s1. The summed E-state index contributed by atoms with van der Waals surface area (Å²) in [5, 5.41) is 20.6. The second-order valence-corrected chi connectivity index (χ2v) is 6.50. The average molecular weight is 335 g/mol. The van der Waals surface area contributed by atoms with Gasteiger partial charge in [0.25, 0.3) is 0 Å². The van der Waals surface area contributed by atoms with Crippen LogP contribution in [0, 0.1) is 5.92 Å². The Labute approximate surface area is 146 Å². The summed E-state index contributed by atoms with van der Waals surface area (Å²) in [5.74, 6) is 1.42. The molecule has 4 rings (SSSR count). The zero-order chi connectivity index (χ0) is 17.2. The molecule has 0 radical (unpaired) electrons. The fourth-order valence-corrected chi connectivity index (χ4v) is 3.41. The van der Waals surface area contributed by atoms with Crippen molar-refractivity contribution in [1.82, 2.24) is 9.97 Å². The minimum Gasteiger partial charge on any atom is -0.396 e. The van der Waals surface area contributed by atoms with Gasteiger partial charge in [-0.2, -0.15) is 0 Å². The number of para-hydroxylation sites is 1. The summed E-state index contributed by atoms with van der Waals surface area (Å²) in [4.78, 5) is 11.7. The predicted octanol–water partition coefficient (Wildman–Crippen LogP) is 2.48. The van der Waals surface area contributed by atoms with Gasteiger partial charge in [0.05, 0.1) is 18.2 Å². The van der Waals surface area contributed by atoms with Gasteiger partial charge in [-0.15, -0.1) is 0 Å². The minimum atomic E-state index is -0.456. The summed E-state index contributed by atoms with van der Waals surface area (Å²) in [6.07, 6.45) is 0.174. The molecule has 3 aromatic rings. The van der Waals surface area contributed by atoms with Crippen LogP contribution in [0.1, 0.15) is 6.42 Å². The molecule has 0 unspecified atom stereocenters. The van der Waals surface area contributed by atoms with E-state index in [4.69, 9.17) is 9.97 Å². The monoisotopic (exact) mass is 335 g/mol. The molecule has 1 aliphatic rings. The Morgan fingerprint density at radius 3 is 2.56 bits per heavy atom. The molecule has 128 valence electrons. The molecule has 1 saturated heterocycles. The summed E-state index contributed by atoms with van der Waals surface area (Å²) in [7, 11) is 0. The Morgan fingerprint density at radius 1 is 1.00 bits per heavy atom. The number of hydrogen-bond acceptors (Lipinski definition) is 5. The molecule has 0 amide bonds. The molecule has 25 heavy (non-hydrogen) atoms. The molecule has 2 N–H and O–H groups in total. The lowest BCUT2D eigenvalue weighted by Gasteiger charge is -2.36. The summed E-state index contributed by atoms with van der Waals surface area (Å²) in [6, 6.07) is 17.9. The van der Waals surface area contributed by atoms with E-state index in [9.17, 15) is 10.2 Å². The van der Waals surface area contributed by atoms with E-state index in [2.05, 4.69) is 4.90 Å². The van der Waals surface area contributed by atoms with Crippen LogP contribution < -0.4 is 4.90 Å². The zero-order valence-electron chi connectivity index (χ0n) is 13.9. The van der Waals surface area contributed by atoms with Crippen molar-refractivity contribution in [1.29, 1.82) is 0 Å². The van der Waals surface area contributed by atoms with Gasteiger partial charge in [-0.1, -0.05) is 42.5 Å². The third-order valence-electron chi connectivity index (χ3n) is 4.84. The third kappa shape index (κ3) is 3.08. The van der Waals surface area contributed by atoms with Crippen LogP contribution in [-0.2, 0) is 0 Å². The van der Waals surface area contributed by atoms with E-state index >= 15 is 0 Å². The lowest BCUT2D eigenvalue weighted by atomic mass is 9.95. The van der Waals surface area contributed by atoms with Crippen molar-refractivity contribution < 1.29 is 10.2 Å². The third-order valence-corrected chi connectivity index (χ3v) is 4.84. The van der Waals surface area contributed by atoms with Gasteiger partial charge < -0.3 is 15.1 Å². The van der Waals surface area contributed by atoms with Gasteiger partial charge in [0.1, 0.15) is 5.82 Å². The van der Waals surface area contributed by atoms with Crippen LogP contribution >= 0.6 is 0 Å². The molecule has 0 spiro atoms. The molecule has 0 bridgehead atoms. The van der Waals surface area contributed by atoms with Crippen LogP contribution in [0.3, 0.4) is 0 Å². The van der Waals surface area contributed by atoms with E-state index in [0.29, 0.717) is 25.3 Å². The molecular formula is C20H21N3O2. The first-order chi connectivity index (χ1) is 12.3. The quantitative estimate of drug-likeness (QED) is 0.769. The summed E-state index contributed by atoms with van der Waals surface area (Å²) >= 11 is 0. The maximum atomic E-state index is 10.1. The number of aliphatic hydroxyl groups is 2. The first kappa shape index (κ1) is 16.0. The smallest absolute Gasteiger partial charge is 0.162 e. The molecule has 2 atom stereocenters. The molecular weight excluding hydrogens is 314 g/mol. The molecule has 5 heteroatoms. The highest BCUT2D eigenvalue weighted by molar-refractivity contribution is 5.91. The molecule has 0 aliphatic carbocycles. The van der Waals surface area contributed by atoms with Crippen LogP contribution in [0.25, 0.3) is 22.3 Å². The minimum absolute atomic E-state index is 0.0216. The van der Waals surface area contributed by atoms with E-state index in [1.54, 1.807) is 0 Å². The van der Waals surface area contributed by atoms with Crippen molar-refractivity contribution in [3.8, 4) is 11.4 Å². The molecule has 2 aromatic carbocycles. The van der Waals surface area contributed by atoms with Crippen molar-refractivity contribution in [2.45, 2.75) is 12.5 Å². The summed E-state index contributed by atoms with van der Waals surface area (Å²) in [6.45, 7) is 1.28. The molecule has 5 nitrogen and oxygen atoms in total. The van der Waals surface area contributed by atoms with Crippen LogP contribution in [0.15, 0.2) is 54.6 Å². The van der Waals surface area contributed by atoms with Gasteiger partial charge >= 0.3 is 0 Å². The molecule has 1 aliphatic heterocycles. The molecule has 0 saturated carbocycles. The van der Waals surface area contributed by atoms with E-state index in [0.717, 1.165) is 22.3 Å². The number of piperidine rings is 1. The molecule has 1 fully saturated rings. The number of anilines is 1. The first-order valence-corrected chi connectivity index (χ1v) is 8.62. The Morgan fingerprint density at radius 2 is 1.76 bits per heavy atom. The predicted molar refractivity (Wildman–Crippen MR) is 98.4 cm³/mol. The number of hydrogen-bond donors (Lipinski definition) is 2. The second kappa shape index (κ2) is 6.78. The highest BCUT2D eigenvalue weighted by Gasteiger charge is 2.29. The summed E-state index contributed by atoms with van der Waals surface area (Å²) < 4.78 is 0. The number of aromatic nitrogens is 2. The average Bonchev–Trinajstić information content (AvgIpc) is 2.68. The van der Waals surface area contributed by atoms with Crippen LogP contribution in [0.4, 0.5) is 5.82 Å². The lowest BCUT2D eigenvalue weighted by Crippen LogP contribution is -2.45. The van der Waals surface area contributed by atoms with Gasteiger partial charge in [0, 0.05) is 30.0 Å². The van der Waals surface area contributed by atoms with Gasteiger partial charge in [-0.3, -0.25) is 0 Å². The van der Waals surface area contributed by atoms with E-state index in [1.807, 2.05) is 54.6 Å². The molecule has 1 aromatic heterocycles. The zero-order valence-corrected chi connectivity index (χ0v) is 13.9. The Balaban J connectivity index is 1.82. The lowest BCUT2D eigenvalue weighted by molar-refractivity contribution is 0.0524. The van der Waals surface area contributed by atoms with Crippen LogP contribution in [0.5, 0.6) is 0 Å². The maximum absolute atomic E-state index is 10.1. The van der Waals surface area contributed by atoms with Gasteiger partial charge in [-0.05, 0) is 18.6 Å². The van der Waals surface area contributed by atoms with Gasteiger partial charge in [0.2, 0.25) is 0 Å². The van der Waals surface area contributed by atoms with Crippen LogP contribution in [0.2, 0.25) is 0 Å². The first-order valence-electron chi connectivity index (χ1n) is 8.62. The maximum Gasteiger partial charge on any atom is 0.162 e. The highest BCUT2D eigenvalue weighted by Crippen LogP contribution is 2.30. The number of nitrogens with zero attached hydrogens (tertiary/aromatic N) is 3. The SMILES string of the molecule is OC[C@@H]1CN(c2nc(-c3ccccc3)nc3ccccc23)CC[C@@H]1O. The van der Waals surface area contributed by atoms with Crippen LogP contribution in [-0.4, -0.2) is 46.0 Å².